The predicted octanol–water partition coefficient (Wildman–Crippen LogP) is 10.5. The largest absolute Gasteiger partial charge is 0.496 e. The number of anilines is 2. The standard InChI is InChI=1S/C25H24ClFN2O3.C24H22ClFN2O3/c1-31-21-10-9-18(24(27)23(21)17-5-3-6-19(26)14-17)13-16-8-11-22(28-15-16)29-12-4-7-20(29)25(30)32-2;1-31-20-9-8-17(23(26)22(20)16-4-2-5-18(25)13-16)12-15-7-10-21(27-14-15)28-11-3-6-19(28)24(29)30/h3,5-6,8-11,14-15,20H,4,7,12-13H2,1-2H3;2,4-5,7-10,13-14,19H,3,6,11-12H2,1H3,(H,29,30)/t20-;19-/m00/s1. The number of carbonyl (C=O) groups excluding carboxylic acids is 1. The second-order valence-corrected chi connectivity index (χ2v) is 16.1. The molecule has 0 unspecified atom stereocenters. The maximum Gasteiger partial charge on any atom is 0.328 e. The Hall–Kier alpha value is -6.24. The van der Waals surface area contributed by atoms with Gasteiger partial charge in [-0.2, -0.15) is 0 Å². The van der Waals surface area contributed by atoms with Gasteiger partial charge in [-0.3, -0.25) is 0 Å². The predicted molar refractivity (Wildman–Crippen MR) is 241 cm³/mol. The first-order valence-corrected chi connectivity index (χ1v) is 21.2. The number of aromatic nitrogens is 2. The lowest BCUT2D eigenvalue weighted by Crippen LogP contribution is -2.37. The summed E-state index contributed by atoms with van der Waals surface area (Å²) < 4.78 is 46.7. The van der Waals surface area contributed by atoms with Crippen molar-refractivity contribution < 1.29 is 37.7 Å². The average molecular weight is 896 g/mol. The Labute approximate surface area is 375 Å². The topological polar surface area (TPSA) is 114 Å². The van der Waals surface area contributed by atoms with E-state index in [1.54, 1.807) is 96.2 Å². The maximum absolute atomic E-state index is 15.5. The van der Waals surface area contributed by atoms with Gasteiger partial charge in [0.05, 0.1) is 32.5 Å². The highest BCUT2D eigenvalue weighted by atomic mass is 35.5. The van der Waals surface area contributed by atoms with Gasteiger partial charge < -0.3 is 29.1 Å². The van der Waals surface area contributed by atoms with Crippen LogP contribution in [0.4, 0.5) is 20.4 Å². The summed E-state index contributed by atoms with van der Waals surface area (Å²) in [5.41, 5.74) is 4.79. The van der Waals surface area contributed by atoms with Crippen molar-refractivity contribution in [1.29, 1.82) is 0 Å². The Morgan fingerprint density at radius 1 is 0.667 bits per heavy atom. The number of rotatable bonds is 12. The number of esters is 1. The van der Waals surface area contributed by atoms with E-state index in [1.165, 1.54) is 21.3 Å². The van der Waals surface area contributed by atoms with E-state index in [9.17, 15) is 14.7 Å². The third-order valence-corrected chi connectivity index (χ3v) is 11.8. The summed E-state index contributed by atoms with van der Waals surface area (Å²) in [6.07, 6.45) is 7.22. The van der Waals surface area contributed by atoms with E-state index < -0.39 is 12.0 Å². The smallest absolute Gasteiger partial charge is 0.328 e. The molecule has 0 spiro atoms. The molecule has 326 valence electrons. The zero-order valence-electron chi connectivity index (χ0n) is 35.0. The number of halogens is 4. The van der Waals surface area contributed by atoms with Gasteiger partial charge in [-0.25, -0.2) is 28.3 Å². The van der Waals surface area contributed by atoms with Crippen LogP contribution in [0.15, 0.2) is 109 Å². The van der Waals surface area contributed by atoms with Gasteiger partial charge in [0.1, 0.15) is 46.9 Å². The molecule has 10 nitrogen and oxygen atoms in total. The lowest BCUT2D eigenvalue weighted by atomic mass is 9.97. The van der Waals surface area contributed by atoms with Gasteiger partial charge in [-0.15, -0.1) is 0 Å². The third-order valence-electron chi connectivity index (χ3n) is 11.3. The molecule has 8 rings (SSSR count). The first-order valence-electron chi connectivity index (χ1n) is 20.5. The molecule has 2 aliphatic rings. The van der Waals surface area contributed by atoms with Gasteiger partial charge in [0.25, 0.3) is 0 Å². The summed E-state index contributed by atoms with van der Waals surface area (Å²) in [6, 6.07) is 27.6. The zero-order chi connectivity index (χ0) is 44.6. The number of carboxylic acids is 1. The molecule has 1 N–H and O–H groups in total. The lowest BCUT2D eigenvalue weighted by molar-refractivity contribution is -0.142. The zero-order valence-corrected chi connectivity index (χ0v) is 36.5. The van der Waals surface area contributed by atoms with Crippen molar-refractivity contribution in [2.24, 2.45) is 0 Å². The van der Waals surface area contributed by atoms with Crippen LogP contribution in [0.2, 0.25) is 10.0 Å². The summed E-state index contributed by atoms with van der Waals surface area (Å²) in [4.78, 5) is 36.2. The van der Waals surface area contributed by atoms with Gasteiger partial charge in [0, 0.05) is 48.4 Å². The van der Waals surface area contributed by atoms with Gasteiger partial charge >= 0.3 is 11.9 Å². The van der Waals surface area contributed by atoms with Crippen molar-refractivity contribution in [3.05, 3.63) is 153 Å². The summed E-state index contributed by atoms with van der Waals surface area (Å²) >= 11 is 12.2. The molecule has 6 aromatic rings. The van der Waals surface area contributed by atoms with Crippen molar-refractivity contribution >= 4 is 46.8 Å². The Balaban J connectivity index is 0.000000189. The van der Waals surface area contributed by atoms with Crippen molar-refractivity contribution in [3.8, 4) is 33.8 Å². The molecule has 4 aromatic carbocycles. The highest BCUT2D eigenvalue weighted by molar-refractivity contribution is 6.31. The number of pyridine rings is 2. The van der Waals surface area contributed by atoms with E-state index in [0.717, 1.165) is 42.8 Å². The molecule has 2 aromatic heterocycles. The molecule has 0 bridgehead atoms. The fourth-order valence-corrected chi connectivity index (χ4v) is 8.56. The van der Waals surface area contributed by atoms with E-state index in [-0.39, 0.29) is 23.6 Å². The summed E-state index contributed by atoms with van der Waals surface area (Å²) in [6.45, 7) is 1.42. The van der Waals surface area contributed by atoms with E-state index in [2.05, 4.69) is 9.97 Å². The summed E-state index contributed by atoms with van der Waals surface area (Å²) in [5.74, 6) is 0.437. The Morgan fingerprint density at radius 3 is 1.52 bits per heavy atom. The van der Waals surface area contributed by atoms with Crippen LogP contribution < -0.4 is 19.3 Å². The summed E-state index contributed by atoms with van der Waals surface area (Å²) in [7, 11) is 4.43. The van der Waals surface area contributed by atoms with E-state index >= 15 is 8.78 Å². The van der Waals surface area contributed by atoms with Crippen LogP contribution in [0.5, 0.6) is 11.5 Å². The van der Waals surface area contributed by atoms with Crippen molar-refractivity contribution in [1.82, 2.24) is 9.97 Å². The van der Waals surface area contributed by atoms with Gasteiger partial charge in [-0.05, 0) is 108 Å². The molecule has 63 heavy (non-hydrogen) atoms. The van der Waals surface area contributed by atoms with Gasteiger partial charge in [0.2, 0.25) is 0 Å². The average Bonchev–Trinajstić information content (AvgIpc) is 4.00. The number of hydrogen-bond donors (Lipinski definition) is 1. The number of carbonyl (C=O) groups is 2. The highest BCUT2D eigenvalue weighted by Crippen LogP contribution is 2.38. The Morgan fingerprint density at radius 2 is 1.13 bits per heavy atom. The van der Waals surface area contributed by atoms with Crippen LogP contribution in [-0.4, -0.2) is 73.5 Å². The molecule has 2 aliphatic heterocycles. The van der Waals surface area contributed by atoms with Crippen LogP contribution in [0.1, 0.15) is 47.9 Å². The molecular formula is C49H46Cl2F2N4O6. The van der Waals surface area contributed by atoms with Crippen molar-refractivity contribution in [2.75, 3.05) is 44.2 Å². The van der Waals surface area contributed by atoms with Crippen LogP contribution in [-0.2, 0) is 27.2 Å². The van der Waals surface area contributed by atoms with Gasteiger partial charge in [0.15, 0.2) is 0 Å². The number of carboxylic acid groups (broad SMARTS) is 1. The second kappa shape index (κ2) is 20.3. The molecule has 0 saturated carbocycles. The molecule has 0 aliphatic carbocycles. The molecule has 0 radical (unpaired) electrons. The van der Waals surface area contributed by atoms with Crippen molar-refractivity contribution in [3.63, 3.8) is 0 Å². The number of hydrogen-bond acceptors (Lipinski definition) is 9. The monoisotopic (exact) mass is 894 g/mol. The molecule has 2 saturated heterocycles. The molecule has 14 heteroatoms. The maximum atomic E-state index is 15.5. The van der Waals surface area contributed by atoms with E-state index in [4.69, 9.17) is 37.4 Å². The fourth-order valence-electron chi connectivity index (χ4n) is 8.18. The fraction of sp³-hybridized carbons (Fsp3) is 0.265. The number of nitrogens with zero attached hydrogens (tertiary/aromatic N) is 4. The minimum absolute atomic E-state index is 0.248. The molecule has 2 atom stereocenters. The Kier molecular flexibility index (Phi) is 14.4. The highest BCUT2D eigenvalue weighted by Gasteiger charge is 2.33. The molecule has 4 heterocycles. The van der Waals surface area contributed by atoms with Crippen molar-refractivity contribution in [2.45, 2.75) is 50.6 Å². The van der Waals surface area contributed by atoms with Crippen LogP contribution in [0, 0.1) is 11.6 Å². The first kappa shape index (κ1) is 44.8. The number of methoxy groups -OCH3 is 3. The molecule has 0 amide bonds. The first-order chi connectivity index (χ1) is 30.5. The minimum atomic E-state index is -0.836. The summed E-state index contributed by atoms with van der Waals surface area (Å²) in [5, 5.41) is 10.4. The van der Waals surface area contributed by atoms with Crippen LogP contribution >= 0.6 is 23.2 Å². The van der Waals surface area contributed by atoms with Gasteiger partial charge in [-0.1, -0.05) is 71.7 Å². The quantitative estimate of drug-likeness (QED) is 0.119. The number of aliphatic carboxylic acids is 1. The molecular weight excluding hydrogens is 849 g/mol. The normalized spacial score (nSPS) is 15.7. The second-order valence-electron chi connectivity index (χ2n) is 15.2. The number of ether oxygens (including phenoxy) is 3. The minimum Gasteiger partial charge on any atom is -0.496 e. The lowest BCUT2D eigenvalue weighted by Gasteiger charge is -2.23. The number of benzene rings is 4. The SMILES string of the molecule is COC(=O)[C@@H]1CCCN1c1ccc(Cc2ccc(OC)c(-c3cccc(Cl)c3)c2F)cn1.COc1ccc(Cc2ccc(N3CCC[C@H]3C(=O)O)nc2)c(F)c1-c1cccc(Cl)c1. The van der Waals surface area contributed by atoms with E-state index in [1.807, 2.05) is 23.1 Å². The van der Waals surface area contributed by atoms with Crippen LogP contribution in [0.25, 0.3) is 22.3 Å². The third kappa shape index (κ3) is 10.2. The van der Waals surface area contributed by atoms with E-state index in [0.29, 0.717) is 86.6 Å². The Bertz CT molecular complexity index is 2580. The van der Waals surface area contributed by atoms with Crippen LogP contribution in [0.3, 0.4) is 0 Å². The molecule has 2 fully saturated rings.